The lowest BCUT2D eigenvalue weighted by molar-refractivity contribution is 0.560. The molecule has 2 aromatic rings. The SMILES string of the molecule is CC1CCc2ccccc2N1Cc1ccnc(CN)c1. The number of anilines is 1. The van der Waals surface area contributed by atoms with Crippen molar-refractivity contribution in [2.75, 3.05) is 4.90 Å². The molecule has 3 heteroatoms. The molecule has 104 valence electrons. The number of rotatable bonds is 3. The van der Waals surface area contributed by atoms with Crippen LogP contribution < -0.4 is 10.6 Å². The van der Waals surface area contributed by atoms with Gasteiger partial charge in [0, 0.05) is 31.0 Å². The number of fused-ring (bicyclic) bond motifs is 1. The molecule has 0 saturated heterocycles. The van der Waals surface area contributed by atoms with E-state index in [1.807, 2.05) is 6.20 Å². The minimum Gasteiger partial charge on any atom is -0.364 e. The molecule has 1 aliphatic rings. The number of aryl methyl sites for hydroxylation is 1. The third-order valence-corrected chi connectivity index (χ3v) is 4.11. The lowest BCUT2D eigenvalue weighted by atomic mass is 9.96. The van der Waals surface area contributed by atoms with Crippen LogP contribution in [0.4, 0.5) is 5.69 Å². The number of benzene rings is 1. The van der Waals surface area contributed by atoms with Crippen molar-refractivity contribution in [1.82, 2.24) is 4.98 Å². The number of nitrogens with zero attached hydrogens (tertiary/aromatic N) is 2. The smallest absolute Gasteiger partial charge is 0.0542 e. The molecule has 3 rings (SSSR count). The topological polar surface area (TPSA) is 42.2 Å². The van der Waals surface area contributed by atoms with Gasteiger partial charge in [0.2, 0.25) is 0 Å². The Labute approximate surface area is 120 Å². The largest absolute Gasteiger partial charge is 0.364 e. The van der Waals surface area contributed by atoms with Gasteiger partial charge in [0.15, 0.2) is 0 Å². The fourth-order valence-corrected chi connectivity index (χ4v) is 2.94. The number of aromatic nitrogens is 1. The van der Waals surface area contributed by atoms with E-state index < -0.39 is 0 Å². The normalized spacial score (nSPS) is 17.9. The van der Waals surface area contributed by atoms with Gasteiger partial charge in [-0.1, -0.05) is 18.2 Å². The maximum absolute atomic E-state index is 5.68. The minimum atomic E-state index is 0.500. The van der Waals surface area contributed by atoms with Gasteiger partial charge in [0.1, 0.15) is 0 Å². The summed E-state index contributed by atoms with van der Waals surface area (Å²) in [7, 11) is 0. The molecule has 0 aliphatic carbocycles. The second kappa shape index (κ2) is 5.63. The molecule has 20 heavy (non-hydrogen) atoms. The van der Waals surface area contributed by atoms with Crippen molar-refractivity contribution in [2.24, 2.45) is 5.73 Å². The molecule has 2 heterocycles. The van der Waals surface area contributed by atoms with E-state index in [9.17, 15) is 0 Å². The summed E-state index contributed by atoms with van der Waals surface area (Å²) in [5.74, 6) is 0. The highest BCUT2D eigenvalue weighted by atomic mass is 15.2. The van der Waals surface area contributed by atoms with Crippen LogP contribution in [0.3, 0.4) is 0 Å². The summed E-state index contributed by atoms with van der Waals surface area (Å²) in [6.45, 7) is 3.73. The van der Waals surface area contributed by atoms with Gasteiger partial charge in [-0.25, -0.2) is 0 Å². The highest BCUT2D eigenvalue weighted by Crippen LogP contribution is 2.31. The van der Waals surface area contributed by atoms with E-state index in [0.717, 1.165) is 12.2 Å². The molecule has 0 fully saturated rings. The monoisotopic (exact) mass is 267 g/mol. The standard InChI is InChI=1S/C17H21N3/c1-13-6-7-15-4-2-3-5-17(15)20(13)12-14-8-9-19-16(10-14)11-18/h2-5,8-10,13H,6-7,11-12,18H2,1H3. The summed E-state index contributed by atoms with van der Waals surface area (Å²) in [6, 6.07) is 13.5. The number of nitrogens with two attached hydrogens (primary N) is 1. The molecule has 3 nitrogen and oxygen atoms in total. The minimum absolute atomic E-state index is 0.500. The van der Waals surface area contributed by atoms with Gasteiger partial charge in [-0.2, -0.15) is 0 Å². The van der Waals surface area contributed by atoms with E-state index in [0.29, 0.717) is 12.6 Å². The van der Waals surface area contributed by atoms with Crippen molar-refractivity contribution in [2.45, 2.75) is 38.9 Å². The summed E-state index contributed by atoms with van der Waals surface area (Å²) >= 11 is 0. The summed E-state index contributed by atoms with van der Waals surface area (Å²) < 4.78 is 0. The molecule has 0 radical (unpaired) electrons. The molecule has 0 bridgehead atoms. The molecule has 1 unspecified atom stereocenters. The first-order chi connectivity index (χ1) is 9.78. The van der Waals surface area contributed by atoms with Gasteiger partial charge < -0.3 is 10.6 Å². The molecule has 1 aliphatic heterocycles. The Hall–Kier alpha value is -1.87. The second-order valence-electron chi connectivity index (χ2n) is 5.50. The van der Waals surface area contributed by atoms with Crippen LogP contribution >= 0.6 is 0 Å². The van der Waals surface area contributed by atoms with Crippen LogP contribution in [0.15, 0.2) is 42.6 Å². The van der Waals surface area contributed by atoms with E-state index in [1.54, 1.807) is 0 Å². The molecular weight excluding hydrogens is 246 g/mol. The van der Waals surface area contributed by atoms with Crippen molar-refractivity contribution in [1.29, 1.82) is 0 Å². The molecule has 1 aromatic carbocycles. The van der Waals surface area contributed by atoms with E-state index in [2.05, 4.69) is 53.2 Å². The average molecular weight is 267 g/mol. The lowest BCUT2D eigenvalue weighted by Crippen LogP contribution is -2.36. The average Bonchev–Trinajstić information content (AvgIpc) is 2.50. The van der Waals surface area contributed by atoms with Crippen molar-refractivity contribution in [3.8, 4) is 0 Å². The molecule has 0 spiro atoms. The first-order valence-electron chi connectivity index (χ1n) is 7.26. The zero-order valence-corrected chi connectivity index (χ0v) is 11.9. The number of para-hydroxylation sites is 1. The maximum Gasteiger partial charge on any atom is 0.0542 e. The lowest BCUT2D eigenvalue weighted by Gasteiger charge is -2.37. The highest BCUT2D eigenvalue weighted by Gasteiger charge is 2.22. The van der Waals surface area contributed by atoms with Crippen molar-refractivity contribution in [3.05, 3.63) is 59.4 Å². The van der Waals surface area contributed by atoms with Crippen LogP contribution in [-0.2, 0) is 19.5 Å². The van der Waals surface area contributed by atoms with Gasteiger partial charge >= 0.3 is 0 Å². The third kappa shape index (κ3) is 2.54. The van der Waals surface area contributed by atoms with Crippen LogP contribution in [-0.4, -0.2) is 11.0 Å². The fourth-order valence-electron chi connectivity index (χ4n) is 2.94. The molecule has 1 aromatic heterocycles. The number of hydrogen-bond acceptors (Lipinski definition) is 3. The Morgan fingerprint density at radius 2 is 2.15 bits per heavy atom. The summed E-state index contributed by atoms with van der Waals surface area (Å²) in [4.78, 5) is 6.77. The van der Waals surface area contributed by atoms with Gasteiger partial charge in [0.25, 0.3) is 0 Å². The Bertz CT molecular complexity index is 594. The number of hydrogen-bond donors (Lipinski definition) is 1. The third-order valence-electron chi connectivity index (χ3n) is 4.11. The van der Waals surface area contributed by atoms with Crippen molar-refractivity contribution >= 4 is 5.69 Å². The van der Waals surface area contributed by atoms with Gasteiger partial charge in [-0.3, -0.25) is 4.98 Å². The van der Waals surface area contributed by atoms with Gasteiger partial charge in [0.05, 0.1) is 5.69 Å². The van der Waals surface area contributed by atoms with Crippen LogP contribution in [0.5, 0.6) is 0 Å². The van der Waals surface area contributed by atoms with Crippen LogP contribution in [0.2, 0.25) is 0 Å². The van der Waals surface area contributed by atoms with Gasteiger partial charge in [-0.15, -0.1) is 0 Å². The highest BCUT2D eigenvalue weighted by molar-refractivity contribution is 5.56. The summed E-state index contributed by atoms with van der Waals surface area (Å²) in [6.07, 6.45) is 4.25. The van der Waals surface area contributed by atoms with Crippen LogP contribution in [0.25, 0.3) is 0 Å². The zero-order chi connectivity index (χ0) is 13.9. The van der Waals surface area contributed by atoms with E-state index in [4.69, 9.17) is 5.73 Å². The molecule has 0 amide bonds. The van der Waals surface area contributed by atoms with Crippen LogP contribution in [0.1, 0.15) is 30.2 Å². The van der Waals surface area contributed by atoms with Crippen molar-refractivity contribution in [3.63, 3.8) is 0 Å². The predicted molar refractivity (Wildman–Crippen MR) is 82.5 cm³/mol. The second-order valence-corrected chi connectivity index (χ2v) is 5.50. The molecular formula is C17H21N3. The Balaban J connectivity index is 1.89. The summed E-state index contributed by atoms with van der Waals surface area (Å²) in [5.41, 5.74) is 10.7. The summed E-state index contributed by atoms with van der Waals surface area (Å²) in [5, 5.41) is 0. The first kappa shape index (κ1) is 13.1. The van der Waals surface area contributed by atoms with E-state index in [-0.39, 0.29) is 0 Å². The maximum atomic E-state index is 5.68. The van der Waals surface area contributed by atoms with E-state index >= 15 is 0 Å². The predicted octanol–water partition coefficient (Wildman–Crippen LogP) is 2.88. The molecule has 1 atom stereocenters. The molecule has 0 saturated carbocycles. The van der Waals surface area contributed by atoms with Crippen molar-refractivity contribution < 1.29 is 0 Å². The molecule has 2 N–H and O–H groups in total. The fraction of sp³-hybridized carbons (Fsp3) is 0.353. The Morgan fingerprint density at radius 1 is 1.30 bits per heavy atom. The van der Waals surface area contributed by atoms with Gasteiger partial charge in [-0.05, 0) is 49.1 Å². The Morgan fingerprint density at radius 3 is 3.00 bits per heavy atom. The number of pyridine rings is 1. The first-order valence-corrected chi connectivity index (χ1v) is 7.26. The van der Waals surface area contributed by atoms with E-state index in [1.165, 1.54) is 29.7 Å². The van der Waals surface area contributed by atoms with Crippen LogP contribution in [0, 0.1) is 0 Å². The zero-order valence-electron chi connectivity index (χ0n) is 11.9. The quantitative estimate of drug-likeness (QED) is 0.929. The Kier molecular flexibility index (Phi) is 3.70.